The largest absolute Gasteiger partial charge is 0.397 e. The van der Waals surface area contributed by atoms with Crippen molar-refractivity contribution in [2.45, 2.75) is 13.8 Å². The maximum absolute atomic E-state index is 10.4. The van der Waals surface area contributed by atoms with E-state index in [1.165, 1.54) is 0 Å². The molecule has 0 unspecified atom stereocenters. The van der Waals surface area contributed by atoms with Gasteiger partial charge in [0.25, 0.3) is 6.04 Å². The van der Waals surface area contributed by atoms with Gasteiger partial charge in [0, 0.05) is 13.5 Å². The van der Waals surface area contributed by atoms with E-state index in [4.69, 9.17) is 9.90 Å². The van der Waals surface area contributed by atoms with Gasteiger partial charge in [0.05, 0.1) is 7.18 Å². The Bertz CT molecular complexity index is 44.2. The molecule has 0 fully saturated rings. The van der Waals surface area contributed by atoms with E-state index in [0.29, 0.717) is 7.18 Å². The highest BCUT2D eigenvalue weighted by atomic mass is 19.1. The van der Waals surface area contributed by atoms with E-state index in [-0.39, 0.29) is 6.61 Å². The van der Waals surface area contributed by atoms with Crippen LogP contribution < -0.4 is 0 Å². The molecular formula is C5H12F2O2. The summed E-state index contributed by atoms with van der Waals surface area (Å²) < 4.78 is 19.9. The third-order valence-electron chi connectivity index (χ3n) is 0. The molecule has 9 heavy (non-hydrogen) atoms. The summed E-state index contributed by atoms with van der Waals surface area (Å²) in [4.78, 5) is 8.78. The number of carbonyl (C=O) groups is 1. The van der Waals surface area contributed by atoms with Crippen LogP contribution in [0, 0.1) is 0 Å². The standard InChI is InChI=1S/C2H3FO.C2H6O.CH3F/c1-2(3)4;1-2-3;1-2/h1H3;3H,2H2,1H3;1H3. The van der Waals surface area contributed by atoms with Crippen LogP contribution in [0.15, 0.2) is 0 Å². The molecule has 0 aromatic carbocycles. The molecular weight excluding hydrogens is 130 g/mol. The summed E-state index contributed by atoms with van der Waals surface area (Å²) in [6.07, 6.45) is 0. The number of aliphatic hydroxyl groups excluding tert-OH is 1. The zero-order chi connectivity index (χ0) is 8.28. The minimum atomic E-state index is -1.33. The first-order chi connectivity index (χ1) is 4.15. The van der Waals surface area contributed by atoms with Crippen LogP contribution in [-0.2, 0) is 4.79 Å². The van der Waals surface area contributed by atoms with Gasteiger partial charge in [-0.25, -0.2) is 0 Å². The average molecular weight is 142 g/mol. The van der Waals surface area contributed by atoms with Crippen molar-refractivity contribution in [2.24, 2.45) is 0 Å². The Balaban J connectivity index is -0.0000000646. The smallest absolute Gasteiger partial charge is 0.298 e. The molecule has 0 spiro atoms. The molecule has 0 heterocycles. The Morgan fingerprint density at radius 2 is 1.56 bits per heavy atom. The Kier molecular flexibility index (Phi) is 45.5. The molecule has 0 atom stereocenters. The first kappa shape index (κ1) is 15.8. The van der Waals surface area contributed by atoms with E-state index in [0.717, 1.165) is 6.92 Å². The van der Waals surface area contributed by atoms with Crippen LogP contribution in [0.4, 0.5) is 8.78 Å². The van der Waals surface area contributed by atoms with Gasteiger partial charge in [0.15, 0.2) is 0 Å². The number of hydrogen-bond donors (Lipinski definition) is 1. The topological polar surface area (TPSA) is 37.3 Å². The van der Waals surface area contributed by atoms with Crippen molar-refractivity contribution in [3.63, 3.8) is 0 Å². The Morgan fingerprint density at radius 3 is 1.56 bits per heavy atom. The molecule has 0 bridgehead atoms. The van der Waals surface area contributed by atoms with Crippen LogP contribution in [0.25, 0.3) is 0 Å². The highest BCUT2D eigenvalue weighted by Crippen LogP contribution is 1.58. The van der Waals surface area contributed by atoms with Gasteiger partial charge in [-0.2, -0.15) is 4.39 Å². The van der Waals surface area contributed by atoms with Crippen LogP contribution in [-0.4, -0.2) is 24.9 Å². The van der Waals surface area contributed by atoms with Crippen LogP contribution in [0.5, 0.6) is 0 Å². The molecule has 0 aliphatic rings. The van der Waals surface area contributed by atoms with E-state index >= 15 is 0 Å². The van der Waals surface area contributed by atoms with E-state index in [2.05, 4.69) is 0 Å². The van der Waals surface area contributed by atoms with Crippen molar-refractivity contribution in [3.8, 4) is 0 Å². The maximum Gasteiger partial charge on any atom is 0.298 e. The molecule has 4 heteroatoms. The summed E-state index contributed by atoms with van der Waals surface area (Å²) in [5.41, 5.74) is 0. The van der Waals surface area contributed by atoms with Crippen LogP contribution in [0.3, 0.4) is 0 Å². The number of rotatable bonds is 0. The van der Waals surface area contributed by atoms with Gasteiger partial charge < -0.3 is 5.11 Å². The summed E-state index contributed by atoms with van der Waals surface area (Å²) in [6.45, 7) is 2.79. The third-order valence-corrected chi connectivity index (χ3v) is 0. The van der Waals surface area contributed by atoms with Crippen LogP contribution >= 0.6 is 0 Å². The van der Waals surface area contributed by atoms with Crippen molar-refractivity contribution < 1.29 is 18.7 Å². The molecule has 1 N–H and O–H groups in total. The second-order valence-electron chi connectivity index (χ2n) is 0.786. The first-order valence-electron chi connectivity index (χ1n) is 2.29. The lowest BCUT2D eigenvalue weighted by molar-refractivity contribution is -0.126. The van der Waals surface area contributed by atoms with Crippen molar-refractivity contribution in [3.05, 3.63) is 0 Å². The number of halogens is 2. The molecule has 0 aliphatic heterocycles. The molecule has 0 aromatic heterocycles. The predicted octanol–water partition coefficient (Wildman–Crippen LogP) is 1.09. The van der Waals surface area contributed by atoms with Crippen molar-refractivity contribution in [1.82, 2.24) is 0 Å². The lowest BCUT2D eigenvalue weighted by Gasteiger charge is -1.52. The first-order valence-corrected chi connectivity index (χ1v) is 2.29. The summed E-state index contributed by atoms with van der Waals surface area (Å²) in [7, 11) is 0.500. The zero-order valence-electron chi connectivity index (χ0n) is 5.82. The molecule has 0 saturated heterocycles. The summed E-state index contributed by atoms with van der Waals surface area (Å²) >= 11 is 0. The average Bonchev–Trinajstić information content (AvgIpc) is 1.71. The fourth-order valence-electron chi connectivity index (χ4n) is 0. The molecule has 0 saturated carbocycles. The monoisotopic (exact) mass is 142 g/mol. The van der Waals surface area contributed by atoms with Gasteiger partial charge in [-0.05, 0) is 6.92 Å². The lowest BCUT2D eigenvalue weighted by atomic mass is 10.9. The Morgan fingerprint density at radius 1 is 1.56 bits per heavy atom. The minimum absolute atomic E-state index is 0.250. The van der Waals surface area contributed by atoms with Crippen LogP contribution in [0.2, 0.25) is 0 Å². The third kappa shape index (κ3) is 868. The zero-order valence-corrected chi connectivity index (χ0v) is 5.82. The minimum Gasteiger partial charge on any atom is -0.397 e. The number of carbonyl (C=O) groups excluding carboxylic acids is 1. The van der Waals surface area contributed by atoms with E-state index < -0.39 is 6.04 Å². The lowest BCUT2D eigenvalue weighted by Crippen LogP contribution is -1.65. The molecule has 0 rings (SSSR count). The summed E-state index contributed by atoms with van der Waals surface area (Å²) in [6, 6.07) is -1.33. The van der Waals surface area contributed by atoms with Gasteiger partial charge in [-0.1, -0.05) is 0 Å². The van der Waals surface area contributed by atoms with E-state index in [1.54, 1.807) is 6.92 Å². The van der Waals surface area contributed by atoms with Crippen molar-refractivity contribution in [1.29, 1.82) is 0 Å². The van der Waals surface area contributed by atoms with Gasteiger partial charge in [0.1, 0.15) is 0 Å². The second-order valence-corrected chi connectivity index (χ2v) is 0.786. The van der Waals surface area contributed by atoms with E-state index in [9.17, 15) is 8.78 Å². The van der Waals surface area contributed by atoms with Gasteiger partial charge in [-0.3, -0.25) is 9.18 Å². The number of alkyl halides is 1. The Labute approximate surface area is 53.5 Å². The fourth-order valence-corrected chi connectivity index (χ4v) is 0. The molecule has 0 aromatic rings. The molecule has 2 nitrogen and oxygen atoms in total. The SMILES string of the molecule is CC(=O)F.CCO.CF. The molecule has 58 valence electrons. The van der Waals surface area contributed by atoms with E-state index in [1.807, 2.05) is 0 Å². The quantitative estimate of drug-likeness (QED) is 0.514. The van der Waals surface area contributed by atoms with Crippen molar-refractivity contribution >= 4 is 6.04 Å². The molecule has 0 radical (unpaired) electrons. The number of hydrogen-bond acceptors (Lipinski definition) is 2. The fraction of sp³-hybridized carbons (Fsp3) is 0.800. The predicted molar refractivity (Wildman–Crippen MR) is 31.6 cm³/mol. The summed E-state index contributed by atoms with van der Waals surface area (Å²) in [5.74, 6) is 0. The molecule has 0 aliphatic carbocycles. The number of aliphatic hydroxyl groups is 1. The van der Waals surface area contributed by atoms with Gasteiger partial charge in [0.2, 0.25) is 0 Å². The highest BCUT2D eigenvalue weighted by molar-refractivity contribution is 5.64. The van der Waals surface area contributed by atoms with Crippen LogP contribution in [0.1, 0.15) is 13.8 Å². The second kappa shape index (κ2) is 25.9. The molecule has 0 amide bonds. The normalized spacial score (nSPS) is 5.56. The van der Waals surface area contributed by atoms with Crippen molar-refractivity contribution in [2.75, 3.05) is 13.8 Å². The highest BCUT2D eigenvalue weighted by Gasteiger charge is 1.69. The maximum atomic E-state index is 10.4. The Hall–Kier alpha value is -0.510. The van der Waals surface area contributed by atoms with Gasteiger partial charge >= 0.3 is 0 Å². The van der Waals surface area contributed by atoms with Gasteiger partial charge in [-0.15, -0.1) is 0 Å². The summed E-state index contributed by atoms with van der Waals surface area (Å²) in [5, 5.41) is 7.57.